The van der Waals surface area contributed by atoms with Gasteiger partial charge in [0.15, 0.2) is 0 Å². The third kappa shape index (κ3) is 4.42. The fraction of sp³-hybridized carbons (Fsp3) is 1.00. The van der Waals surface area contributed by atoms with Crippen LogP contribution in [0.5, 0.6) is 0 Å². The molecule has 2 heteroatoms. The van der Waals surface area contributed by atoms with Crippen LogP contribution in [0.4, 0.5) is 0 Å². The van der Waals surface area contributed by atoms with Gasteiger partial charge in [-0.2, -0.15) is 0 Å². The monoisotopic (exact) mass is 226 g/mol. The smallest absolute Gasteiger partial charge is 0.00793 e. The third-order valence-corrected chi connectivity index (χ3v) is 4.18. The standard InChI is InChI=1S/C14H30N2/c1-5-12(3)10-15-13(4)14-8-7-9-16(6-2)11-14/h12-15H,5-11H2,1-4H3. The summed E-state index contributed by atoms with van der Waals surface area (Å²) in [5.41, 5.74) is 0. The van der Waals surface area contributed by atoms with Crippen molar-refractivity contribution in [2.24, 2.45) is 11.8 Å². The van der Waals surface area contributed by atoms with Gasteiger partial charge in [-0.3, -0.25) is 0 Å². The zero-order chi connectivity index (χ0) is 12.0. The highest BCUT2D eigenvalue weighted by molar-refractivity contribution is 4.80. The molecule has 1 N–H and O–H groups in total. The van der Waals surface area contributed by atoms with Gasteiger partial charge in [0.2, 0.25) is 0 Å². The van der Waals surface area contributed by atoms with Gasteiger partial charge in [0.1, 0.15) is 0 Å². The molecule has 0 aromatic rings. The van der Waals surface area contributed by atoms with Crippen molar-refractivity contribution in [2.45, 2.75) is 53.0 Å². The van der Waals surface area contributed by atoms with Crippen molar-refractivity contribution >= 4 is 0 Å². The lowest BCUT2D eigenvalue weighted by atomic mass is 9.91. The molecule has 0 aromatic heterocycles. The van der Waals surface area contributed by atoms with Crippen LogP contribution in [-0.4, -0.2) is 37.1 Å². The third-order valence-electron chi connectivity index (χ3n) is 4.18. The van der Waals surface area contributed by atoms with E-state index in [1.54, 1.807) is 0 Å². The highest BCUT2D eigenvalue weighted by Crippen LogP contribution is 2.19. The average Bonchev–Trinajstić information content (AvgIpc) is 2.35. The topological polar surface area (TPSA) is 15.3 Å². The molecule has 16 heavy (non-hydrogen) atoms. The van der Waals surface area contributed by atoms with E-state index in [0.29, 0.717) is 6.04 Å². The number of likely N-dealkylation sites (tertiary alicyclic amines) is 1. The van der Waals surface area contributed by atoms with Gasteiger partial charge in [-0.05, 0) is 51.2 Å². The van der Waals surface area contributed by atoms with Gasteiger partial charge < -0.3 is 10.2 Å². The van der Waals surface area contributed by atoms with Crippen LogP contribution >= 0.6 is 0 Å². The van der Waals surface area contributed by atoms with Gasteiger partial charge in [-0.1, -0.05) is 27.2 Å². The van der Waals surface area contributed by atoms with Gasteiger partial charge in [0.25, 0.3) is 0 Å². The fourth-order valence-electron chi connectivity index (χ4n) is 2.48. The Morgan fingerprint density at radius 3 is 2.69 bits per heavy atom. The maximum atomic E-state index is 3.72. The van der Waals surface area contributed by atoms with Crippen molar-refractivity contribution in [1.82, 2.24) is 10.2 Å². The molecule has 3 unspecified atom stereocenters. The predicted octanol–water partition coefficient (Wildman–Crippen LogP) is 2.74. The molecule has 0 aliphatic carbocycles. The quantitative estimate of drug-likeness (QED) is 0.749. The summed E-state index contributed by atoms with van der Waals surface area (Å²) in [4.78, 5) is 2.59. The van der Waals surface area contributed by atoms with E-state index >= 15 is 0 Å². The van der Waals surface area contributed by atoms with Gasteiger partial charge in [0, 0.05) is 12.6 Å². The Morgan fingerprint density at radius 1 is 1.31 bits per heavy atom. The van der Waals surface area contributed by atoms with E-state index in [1.807, 2.05) is 0 Å². The lowest BCUT2D eigenvalue weighted by Crippen LogP contribution is -2.45. The molecule has 0 spiro atoms. The minimum Gasteiger partial charge on any atom is -0.314 e. The van der Waals surface area contributed by atoms with E-state index in [4.69, 9.17) is 0 Å². The summed E-state index contributed by atoms with van der Waals surface area (Å²) in [7, 11) is 0. The first-order valence-corrected chi connectivity index (χ1v) is 7.13. The Kier molecular flexibility index (Phi) is 6.37. The summed E-state index contributed by atoms with van der Waals surface area (Å²) in [6.07, 6.45) is 4.07. The van der Waals surface area contributed by atoms with Crippen molar-refractivity contribution in [1.29, 1.82) is 0 Å². The zero-order valence-electron chi connectivity index (χ0n) is 11.6. The molecule has 3 atom stereocenters. The number of hydrogen-bond donors (Lipinski definition) is 1. The molecule has 1 aliphatic heterocycles. The number of nitrogens with one attached hydrogen (secondary N) is 1. The van der Waals surface area contributed by atoms with Crippen molar-refractivity contribution in [3.63, 3.8) is 0 Å². The lowest BCUT2D eigenvalue weighted by molar-refractivity contribution is 0.155. The molecule has 0 radical (unpaired) electrons. The van der Waals surface area contributed by atoms with E-state index < -0.39 is 0 Å². The molecule has 1 aliphatic rings. The van der Waals surface area contributed by atoms with Crippen molar-refractivity contribution in [2.75, 3.05) is 26.2 Å². The Labute approximate surface area is 102 Å². The van der Waals surface area contributed by atoms with Gasteiger partial charge in [0.05, 0.1) is 0 Å². The summed E-state index contributed by atoms with van der Waals surface area (Å²) in [5.74, 6) is 1.67. The maximum absolute atomic E-state index is 3.72. The number of rotatable bonds is 6. The number of hydrogen-bond acceptors (Lipinski definition) is 2. The lowest BCUT2D eigenvalue weighted by Gasteiger charge is -2.35. The average molecular weight is 226 g/mol. The van der Waals surface area contributed by atoms with Crippen LogP contribution in [-0.2, 0) is 0 Å². The molecular formula is C14H30N2. The molecule has 1 saturated heterocycles. The number of piperidine rings is 1. The van der Waals surface area contributed by atoms with E-state index in [2.05, 4.69) is 37.9 Å². The minimum atomic E-state index is 0.684. The van der Waals surface area contributed by atoms with Gasteiger partial charge in [-0.15, -0.1) is 0 Å². The maximum Gasteiger partial charge on any atom is 0.00793 e. The van der Waals surface area contributed by atoms with Crippen LogP contribution in [0, 0.1) is 11.8 Å². The Bertz CT molecular complexity index is 182. The van der Waals surface area contributed by atoms with Gasteiger partial charge in [-0.25, -0.2) is 0 Å². The normalized spacial score (nSPS) is 26.6. The first-order valence-electron chi connectivity index (χ1n) is 7.13. The zero-order valence-corrected chi connectivity index (χ0v) is 11.6. The van der Waals surface area contributed by atoms with E-state index in [0.717, 1.165) is 11.8 Å². The van der Waals surface area contributed by atoms with Crippen LogP contribution in [0.3, 0.4) is 0 Å². The Hall–Kier alpha value is -0.0800. The van der Waals surface area contributed by atoms with Crippen LogP contribution in [0.1, 0.15) is 47.0 Å². The molecule has 0 saturated carbocycles. The van der Waals surface area contributed by atoms with E-state index in [-0.39, 0.29) is 0 Å². The van der Waals surface area contributed by atoms with E-state index in [9.17, 15) is 0 Å². The first-order chi connectivity index (χ1) is 7.67. The van der Waals surface area contributed by atoms with Crippen LogP contribution in [0.15, 0.2) is 0 Å². The summed E-state index contributed by atoms with van der Waals surface area (Å²) in [5, 5.41) is 3.72. The number of nitrogens with zero attached hydrogens (tertiary/aromatic N) is 1. The molecule has 1 rings (SSSR count). The van der Waals surface area contributed by atoms with Crippen molar-refractivity contribution in [3.8, 4) is 0 Å². The largest absolute Gasteiger partial charge is 0.314 e. The van der Waals surface area contributed by atoms with Crippen LogP contribution in [0.2, 0.25) is 0 Å². The highest BCUT2D eigenvalue weighted by atomic mass is 15.1. The summed E-state index contributed by atoms with van der Waals surface area (Å²) in [6.45, 7) is 14.3. The fourth-order valence-corrected chi connectivity index (χ4v) is 2.48. The molecule has 96 valence electrons. The summed E-state index contributed by atoms with van der Waals surface area (Å²) < 4.78 is 0. The van der Waals surface area contributed by atoms with Gasteiger partial charge >= 0.3 is 0 Å². The molecule has 0 aromatic carbocycles. The SMILES string of the molecule is CCC(C)CNC(C)C1CCCN(CC)C1. The molecular weight excluding hydrogens is 196 g/mol. The first kappa shape index (κ1) is 14.0. The minimum absolute atomic E-state index is 0.684. The van der Waals surface area contributed by atoms with E-state index in [1.165, 1.54) is 45.4 Å². The Morgan fingerprint density at radius 2 is 2.06 bits per heavy atom. The molecule has 1 heterocycles. The highest BCUT2D eigenvalue weighted by Gasteiger charge is 2.23. The van der Waals surface area contributed by atoms with Crippen LogP contribution in [0.25, 0.3) is 0 Å². The second kappa shape index (κ2) is 7.29. The molecule has 1 fully saturated rings. The second-order valence-electron chi connectivity index (χ2n) is 5.51. The predicted molar refractivity (Wildman–Crippen MR) is 71.8 cm³/mol. The second-order valence-corrected chi connectivity index (χ2v) is 5.51. The molecule has 0 bridgehead atoms. The Balaban J connectivity index is 2.27. The summed E-state index contributed by atoms with van der Waals surface area (Å²) in [6, 6.07) is 0.684. The molecule has 0 amide bonds. The van der Waals surface area contributed by atoms with Crippen molar-refractivity contribution in [3.05, 3.63) is 0 Å². The van der Waals surface area contributed by atoms with Crippen molar-refractivity contribution < 1.29 is 0 Å². The van der Waals surface area contributed by atoms with Crippen LogP contribution < -0.4 is 5.32 Å². The summed E-state index contributed by atoms with van der Waals surface area (Å²) >= 11 is 0. The molecule has 2 nitrogen and oxygen atoms in total.